The fourth-order valence-corrected chi connectivity index (χ4v) is 3.84. The van der Waals surface area contributed by atoms with Gasteiger partial charge in [-0.1, -0.05) is 0 Å². The Morgan fingerprint density at radius 2 is 1.72 bits per heavy atom. The number of pyridine rings is 1. The molecule has 0 bridgehead atoms. The summed E-state index contributed by atoms with van der Waals surface area (Å²) in [6, 6.07) is 3.02. The number of fused-ring (bicyclic) bond motifs is 1. The van der Waals surface area contributed by atoms with Gasteiger partial charge in [-0.05, 0) is 25.0 Å². The van der Waals surface area contributed by atoms with Gasteiger partial charge in [-0.2, -0.15) is 0 Å². The number of nitrogens with zero attached hydrogens (tertiary/aromatic N) is 5. The second-order valence-electron chi connectivity index (χ2n) is 7.39. The van der Waals surface area contributed by atoms with Crippen molar-refractivity contribution < 1.29 is 14.3 Å². The van der Waals surface area contributed by atoms with E-state index in [0.717, 1.165) is 17.4 Å². The highest BCUT2D eigenvalue weighted by Crippen LogP contribution is 2.17. The highest BCUT2D eigenvalue weighted by Gasteiger charge is 2.31. The largest absolute Gasteiger partial charge is 0.368 e. The van der Waals surface area contributed by atoms with Crippen LogP contribution in [0.15, 0.2) is 21.7 Å². The van der Waals surface area contributed by atoms with Crippen LogP contribution in [0.2, 0.25) is 0 Å². The van der Waals surface area contributed by atoms with Crippen LogP contribution in [0.25, 0.3) is 11.0 Å². The number of amides is 2. The highest BCUT2D eigenvalue weighted by molar-refractivity contribution is 5.94. The van der Waals surface area contributed by atoms with E-state index in [0.29, 0.717) is 32.8 Å². The van der Waals surface area contributed by atoms with Crippen LogP contribution in [-0.4, -0.2) is 74.6 Å². The van der Waals surface area contributed by atoms with E-state index in [9.17, 15) is 19.2 Å². The lowest BCUT2D eigenvalue weighted by Gasteiger charge is -2.35. The minimum atomic E-state index is -0.499. The molecule has 2 amide bonds. The van der Waals surface area contributed by atoms with Crippen LogP contribution in [-0.2, 0) is 23.6 Å². The van der Waals surface area contributed by atoms with Gasteiger partial charge in [0.15, 0.2) is 0 Å². The normalized spacial score (nSPS) is 19.7. The lowest BCUT2D eigenvalue weighted by atomic mass is 10.2. The van der Waals surface area contributed by atoms with Gasteiger partial charge >= 0.3 is 5.69 Å². The molecule has 0 N–H and O–H groups in total. The Kier molecular flexibility index (Phi) is 4.95. The molecule has 2 aromatic heterocycles. The first-order valence-electron chi connectivity index (χ1n) is 9.65. The molecule has 4 heterocycles. The van der Waals surface area contributed by atoms with Gasteiger partial charge in [0.25, 0.3) is 17.4 Å². The number of aryl methyl sites for hydroxylation is 1. The average Bonchev–Trinajstić information content (AvgIpc) is 3.30. The van der Waals surface area contributed by atoms with Gasteiger partial charge in [0.05, 0.1) is 5.39 Å². The lowest BCUT2D eigenvalue weighted by Crippen LogP contribution is -2.53. The molecule has 2 aliphatic heterocycles. The topological polar surface area (TPSA) is 107 Å². The Bertz CT molecular complexity index is 1090. The van der Waals surface area contributed by atoms with E-state index in [4.69, 9.17) is 4.74 Å². The monoisotopic (exact) mass is 401 g/mol. The van der Waals surface area contributed by atoms with E-state index in [2.05, 4.69) is 4.98 Å². The van der Waals surface area contributed by atoms with Crippen LogP contribution in [0.3, 0.4) is 0 Å². The molecule has 10 nitrogen and oxygen atoms in total. The van der Waals surface area contributed by atoms with E-state index in [-0.39, 0.29) is 34.6 Å². The molecule has 1 atom stereocenters. The zero-order valence-electron chi connectivity index (χ0n) is 16.5. The SMILES string of the molecule is Cn1c(=O)c2ccc(C(=O)N3CCN(C(=O)[C@@H]4CCCO4)CC3)nc2n(C)c1=O. The molecule has 0 unspecified atom stereocenters. The van der Waals surface area contributed by atoms with Crippen molar-refractivity contribution in [2.45, 2.75) is 18.9 Å². The van der Waals surface area contributed by atoms with Gasteiger partial charge in [0.2, 0.25) is 0 Å². The average molecular weight is 401 g/mol. The smallest absolute Gasteiger partial charge is 0.332 e. The maximum Gasteiger partial charge on any atom is 0.332 e. The van der Waals surface area contributed by atoms with Gasteiger partial charge < -0.3 is 14.5 Å². The summed E-state index contributed by atoms with van der Waals surface area (Å²) in [5.41, 5.74) is -0.604. The molecule has 2 fully saturated rings. The van der Waals surface area contributed by atoms with Crippen LogP contribution < -0.4 is 11.2 Å². The van der Waals surface area contributed by atoms with Crippen molar-refractivity contribution in [3.63, 3.8) is 0 Å². The molecule has 154 valence electrons. The predicted molar refractivity (Wildman–Crippen MR) is 104 cm³/mol. The minimum absolute atomic E-state index is 0.00993. The molecule has 10 heteroatoms. The molecule has 0 aromatic carbocycles. The number of hydrogen-bond acceptors (Lipinski definition) is 6. The van der Waals surface area contributed by atoms with Gasteiger partial charge in [0, 0.05) is 46.9 Å². The lowest BCUT2D eigenvalue weighted by molar-refractivity contribution is -0.142. The van der Waals surface area contributed by atoms with Crippen molar-refractivity contribution >= 4 is 22.8 Å². The summed E-state index contributed by atoms with van der Waals surface area (Å²) in [7, 11) is 2.92. The first-order valence-corrected chi connectivity index (χ1v) is 9.65. The number of rotatable bonds is 2. The maximum absolute atomic E-state index is 12.9. The van der Waals surface area contributed by atoms with E-state index < -0.39 is 11.2 Å². The Balaban J connectivity index is 1.52. The number of piperazine rings is 1. The predicted octanol–water partition coefficient (Wildman–Crippen LogP) is -0.904. The second-order valence-corrected chi connectivity index (χ2v) is 7.39. The number of aromatic nitrogens is 3. The van der Waals surface area contributed by atoms with Crippen LogP contribution >= 0.6 is 0 Å². The first kappa shape index (κ1) is 19.3. The summed E-state index contributed by atoms with van der Waals surface area (Å²) < 4.78 is 7.72. The maximum atomic E-state index is 12.9. The molecule has 0 aliphatic carbocycles. The van der Waals surface area contributed by atoms with Gasteiger partial charge in [-0.15, -0.1) is 0 Å². The van der Waals surface area contributed by atoms with Crippen molar-refractivity contribution in [1.82, 2.24) is 23.9 Å². The summed E-state index contributed by atoms with van der Waals surface area (Å²) in [6.45, 7) is 2.29. The molecule has 29 heavy (non-hydrogen) atoms. The van der Waals surface area contributed by atoms with Crippen molar-refractivity contribution in [3.05, 3.63) is 38.7 Å². The van der Waals surface area contributed by atoms with Crippen molar-refractivity contribution in [2.24, 2.45) is 14.1 Å². The molecule has 0 saturated carbocycles. The van der Waals surface area contributed by atoms with Crippen LogP contribution in [0.5, 0.6) is 0 Å². The molecule has 4 rings (SSSR count). The molecule has 0 radical (unpaired) electrons. The third kappa shape index (κ3) is 3.33. The zero-order valence-corrected chi connectivity index (χ0v) is 16.5. The van der Waals surface area contributed by atoms with Gasteiger partial charge in [-0.3, -0.25) is 23.5 Å². The van der Waals surface area contributed by atoms with E-state index in [1.165, 1.54) is 30.8 Å². The molecule has 0 spiro atoms. The highest BCUT2D eigenvalue weighted by atomic mass is 16.5. The van der Waals surface area contributed by atoms with E-state index in [1.54, 1.807) is 9.80 Å². The molecule has 2 saturated heterocycles. The minimum Gasteiger partial charge on any atom is -0.368 e. The molecular formula is C19H23N5O5. The van der Waals surface area contributed by atoms with E-state index in [1.807, 2.05) is 0 Å². The summed E-state index contributed by atoms with van der Waals surface area (Å²) in [5, 5.41) is 0.276. The quantitative estimate of drug-likeness (QED) is 0.645. The molecule has 2 aromatic rings. The molecular weight excluding hydrogens is 378 g/mol. The van der Waals surface area contributed by atoms with Crippen molar-refractivity contribution in [2.75, 3.05) is 32.8 Å². The van der Waals surface area contributed by atoms with Gasteiger partial charge in [0.1, 0.15) is 17.4 Å². The fraction of sp³-hybridized carbons (Fsp3) is 0.526. The van der Waals surface area contributed by atoms with Crippen LogP contribution in [0, 0.1) is 0 Å². The Morgan fingerprint density at radius 1 is 1.03 bits per heavy atom. The molecule has 2 aliphatic rings. The van der Waals surface area contributed by atoms with Gasteiger partial charge in [-0.25, -0.2) is 9.78 Å². The second kappa shape index (κ2) is 7.43. The number of carbonyl (C=O) groups is 2. The van der Waals surface area contributed by atoms with Crippen molar-refractivity contribution in [3.8, 4) is 0 Å². The summed E-state index contributed by atoms with van der Waals surface area (Å²) in [5.74, 6) is -0.298. The van der Waals surface area contributed by atoms with Crippen LogP contribution in [0.1, 0.15) is 23.3 Å². The summed E-state index contributed by atoms with van der Waals surface area (Å²) >= 11 is 0. The first-order chi connectivity index (χ1) is 13.9. The number of carbonyl (C=O) groups excluding carboxylic acids is 2. The Morgan fingerprint density at radius 3 is 2.38 bits per heavy atom. The van der Waals surface area contributed by atoms with Crippen LogP contribution in [0.4, 0.5) is 0 Å². The fourth-order valence-electron chi connectivity index (χ4n) is 3.84. The zero-order chi connectivity index (χ0) is 20.7. The summed E-state index contributed by atoms with van der Waals surface area (Å²) in [4.78, 5) is 57.4. The number of hydrogen-bond donors (Lipinski definition) is 0. The third-order valence-corrected chi connectivity index (χ3v) is 5.60. The third-order valence-electron chi connectivity index (χ3n) is 5.60. The summed E-state index contributed by atoms with van der Waals surface area (Å²) in [6.07, 6.45) is 1.29. The van der Waals surface area contributed by atoms with Crippen molar-refractivity contribution in [1.29, 1.82) is 0 Å². The van der Waals surface area contributed by atoms with E-state index >= 15 is 0 Å². The standard InChI is InChI=1S/C19H23N5O5/c1-21-15-12(16(25)22(2)19(21)28)5-6-13(20-15)17(26)23-7-9-24(10-8-23)18(27)14-4-3-11-29-14/h5-6,14H,3-4,7-11H2,1-2H3/t14-/m0/s1. The Hall–Kier alpha value is -3.01. The number of ether oxygens (including phenoxy) is 1. The Labute approximate surface area is 166 Å².